The molecule has 0 aromatic rings. The van der Waals surface area contributed by atoms with Gasteiger partial charge >= 0.3 is 0 Å². The first kappa shape index (κ1) is 13.5. The summed E-state index contributed by atoms with van der Waals surface area (Å²) in [5, 5.41) is 3.92. The first-order valence-corrected chi connectivity index (χ1v) is 6.05. The van der Waals surface area contributed by atoms with Crippen LogP contribution >= 0.6 is 0 Å². The van der Waals surface area contributed by atoms with E-state index in [1.807, 2.05) is 6.21 Å². The van der Waals surface area contributed by atoms with Crippen molar-refractivity contribution in [3.05, 3.63) is 0 Å². The largest absolute Gasteiger partial charge is 0.396 e. The Hall–Kier alpha value is -0.530. The van der Waals surface area contributed by atoms with Crippen molar-refractivity contribution < 1.29 is 4.84 Å². The van der Waals surface area contributed by atoms with Crippen LogP contribution in [0.3, 0.4) is 0 Å². The lowest BCUT2D eigenvalue weighted by atomic mass is 10.2. The maximum Gasteiger partial charge on any atom is 0.117 e. The van der Waals surface area contributed by atoms with Crippen LogP contribution in [-0.2, 0) is 4.84 Å². The van der Waals surface area contributed by atoms with Gasteiger partial charge in [0.1, 0.15) is 6.61 Å². The lowest BCUT2D eigenvalue weighted by Gasteiger charge is -1.98. The Labute approximate surface area is 88.7 Å². The number of nitrogens with zero attached hydrogens (tertiary/aromatic N) is 1. The Morgan fingerprint density at radius 2 is 1.64 bits per heavy atom. The van der Waals surface area contributed by atoms with Crippen molar-refractivity contribution in [3.63, 3.8) is 0 Å². The first-order valence-electron chi connectivity index (χ1n) is 6.05. The quantitative estimate of drug-likeness (QED) is 0.294. The molecule has 0 aliphatic rings. The monoisotopic (exact) mass is 199 g/mol. The summed E-state index contributed by atoms with van der Waals surface area (Å²) in [6.45, 7) is 5.21. The Kier molecular flexibility index (Phi) is 12.0. The summed E-state index contributed by atoms with van der Waals surface area (Å²) in [5.41, 5.74) is 0. The molecule has 0 aliphatic heterocycles. The van der Waals surface area contributed by atoms with E-state index < -0.39 is 0 Å². The van der Waals surface area contributed by atoms with Gasteiger partial charge in [0.2, 0.25) is 0 Å². The molecule has 2 heteroatoms. The van der Waals surface area contributed by atoms with Gasteiger partial charge in [0.15, 0.2) is 0 Å². The standard InChI is InChI=1S/C12H25NO/c1-3-5-7-9-11-13-14-12-10-8-6-4-2/h11H,3-10,12H2,1-2H3/b13-11+. The summed E-state index contributed by atoms with van der Waals surface area (Å²) < 4.78 is 0. The Morgan fingerprint density at radius 1 is 0.929 bits per heavy atom. The zero-order valence-corrected chi connectivity index (χ0v) is 9.80. The zero-order valence-electron chi connectivity index (χ0n) is 9.80. The molecule has 0 N–H and O–H groups in total. The molecule has 0 radical (unpaired) electrons. The molecule has 0 saturated carbocycles. The average Bonchev–Trinajstić information content (AvgIpc) is 2.21. The zero-order chi connectivity index (χ0) is 10.5. The summed E-state index contributed by atoms with van der Waals surface area (Å²) in [6, 6.07) is 0. The minimum Gasteiger partial charge on any atom is -0.396 e. The van der Waals surface area contributed by atoms with Crippen molar-refractivity contribution >= 4 is 6.21 Å². The molecule has 84 valence electrons. The highest BCUT2D eigenvalue weighted by atomic mass is 16.6. The summed E-state index contributed by atoms with van der Waals surface area (Å²) >= 11 is 0. The van der Waals surface area contributed by atoms with Gasteiger partial charge in [-0.3, -0.25) is 0 Å². The van der Waals surface area contributed by atoms with Gasteiger partial charge in [0.25, 0.3) is 0 Å². The highest BCUT2D eigenvalue weighted by Crippen LogP contribution is 1.99. The van der Waals surface area contributed by atoms with E-state index in [9.17, 15) is 0 Å². The third kappa shape index (κ3) is 11.5. The third-order valence-corrected chi connectivity index (χ3v) is 2.18. The van der Waals surface area contributed by atoms with Crippen molar-refractivity contribution in [2.24, 2.45) is 5.16 Å². The summed E-state index contributed by atoms with van der Waals surface area (Å²) in [6.07, 6.45) is 11.7. The Morgan fingerprint density at radius 3 is 2.36 bits per heavy atom. The van der Waals surface area contributed by atoms with E-state index >= 15 is 0 Å². The Balaban J connectivity index is 2.96. The van der Waals surface area contributed by atoms with Crippen molar-refractivity contribution in [2.45, 2.75) is 65.2 Å². The smallest absolute Gasteiger partial charge is 0.117 e. The lowest BCUT2D eigenvalue weighted by Crippen LogP contribution is -1.88. The SMILES string of the molecule is CCCCC/C=N/OCCCCCC. The van der Waals surface area contributed by atoms with E-state index in [1.165, 1.54) is 38.5 Å². The molecule has 0 heterocycles. The normalized spacial score (nSPS) is 11.0. The van der Waals surface area contributed by atoms with E-state index in [0.29, 0.717) is 0 Å². The lowest BCUT2D eigenvalue weighted by molar-refractivity contribution is 0.140. The van der Waals surface area contributed by atoms with Gasteiger partial charge in [-0.2, -0.15) is 0 Å². The van der Waals surface area contributed by atoms with Crippen LogP contribution in [0, 0.1) is 0 Å². The van der Waals surface area contributed by atoms with E-state index in [-0.39, 0.29) is 0 Å². The fourth-order valence-electron chi connectivity index (χ4n) is 1.24. The van der Waals surface area contributed by atoms with Gasteiger partial charge in [-0.15, -0.1) is 0 Å². The van der Waals surface area contributed by atoms with Crippen LogP contribution in [0.15, 0.2) is 5.16 Å². The minimum atomic E-state index is 0.782. The second kappa shape index (κ2) is 12.5. The summed E-state index contributed by atoms with van der Waals surface area (Å²) in [7, 11) is 0. The molecule has 0 aromatic heterocycles. The molecule has 0 spiro atoms. The molecule has 0 amide bonds. The van der Waals surface area contributed by atoms with Crippen LogP contribution in [0.4, 0.5) is 0 Å². The van der Waals surface area contributed by atoms with Gasteiger partial charge < -0.3 is 4.84 Å². The number of hydrogen-bond donors (Lipinski definition) is 0. The fraction of sp³-hybridized carbons (Fsp3) is 0.917. The van der Waals surface area contributed by atoms with Gasteiger partial charge in [-0.05, 0) is 25.7 Å². The maximum absolute atomic E-state index is 5.13. The Bertz CT molecular complexity index is 123. The highest BCUT2D eigenvalue weighted by molar-refractivity contribution is 5.56. The molecule has 0 atom stereocenters. The maximum atomic E-state index is 5.13. The molecule has 0 aliphatic carbocycles. The number of hydrogen-bond acceptors (Lipinski definition) is 2. The van der Waals surface area contributed by atoms with Crippen LogP contribution < -0.4 is 0 Å². The number of oxime groups is 1. The molecular weight excluding hydrogens is 174 g/mol. The topological polar surface area (TPSA) is 21.6 Å². The third-order valence-electron chi connectivity index (χ3n) is 2.18. The van der Waals surface area contributed by atoms with E-state index in [4.69, 9.17) is 4.84 Å². The van der Waals surface area contributed by atoms with Crippen molar-refractivity contribution in [1.82, 2.24) is 0 Å². The minimum absolute atomic E-state index is 0.782. The van der Waals surface area contributed by atoms with Crippen molar-refractivity contribution in [1.29, 1.82) is 0 Å². The van der Waals surface area contributed by atoms with Crippen LogP contribution in [0.1, 0.15) is 65.2 Å². The molecule has 0 unspecified atom stereocenters. The van der Waals surface area contributed by atoms with Crippen LogP contribution in [-0.4, -0.2) is 12.8 Å². The molecule has 0 fully saturated rings. The molecule has 0 saturated heterocycles. The predicted molar refractivity (Wildman–Crippen MR) is 62.7 cm³/mol. The molecule has 0 rings (SSSR count). The van der Waals surface area contributed by atoms with Gasteiger partial charge in [-0.25, -0.2) is 0 Å². The first-order chi connectivity index (χ1) is 6.91. The molecular formula is C12H25NO. The second-order valence-corrected chi connectivity index (χ2v) is 3.68. The van der Waals surface area contributed by atoms with E-state index in [1.54, 1.807) is 0 Å². The molecule has 2 nitrogen and oxygen atoms in total. The van der Waals surface area contributed by atoms with Crippen LogP contribution in [0.2, 0.25) is 0 Å². The highest BCUT2D eigenvalue weighted by Gasteiger charge is 1.87. The van der Waals surface area contributed by atoms with Gasteiger partial charge in [0, 0.05) is 6.21 Å². The molecule has 14 heavy (non-hydrogen) atoms. The van der Waals surface area contributed by atoms with E-state index in [0.717, 1.165) is 19.4 Å². The molecule has 0 bridgehead atoms. The predicted octanol–water partition coefficient (Wildman–Crippen LogP) is 4.15. The summed E-state index contributed by atoms with van der Waals surface area (Å²) in [5.74, 6) is 0. The molecule has 0 aromatic carbocycles. The van der Waals surface area contributed by atoms with Gasteiger partial charge in [0.05, 0.1) is 0 Å². The number of unbranched alkanes of at least 4 members (excludes halogenated alkanes) is 6. The van der Waals surface area contributed by atoms with Gasteiger partial charge in [-0.1, -0.05) is 44.7 Å². The number of rotatable bonds is 10. The van der Waals surface area contributed by atoms with Crippen LogP contribution in [0.25, 0.3) is 0 Å². The van der Waals surface area contributed by atoms with E-state index in [2.05, 4.69) is 19.0 Å². The second-order valence-electron chi connectivity index (χ2n) is 3.68. The summed E-state index contributed by atoms with van der Waals surface area (Å²) in [4.78, 5) is 5.13. The van der Waals surface area contributed by atoms with Crippen LogP contribution in [0.5, 0.6) is 0 Å². The van der Waals surface area contributed by atoms with Crippen molar-refractivity contribution in [3.8, 4) is 0 Å². The average molecular weight is 199 g/mol. The van der Waals surface area contributed by atoms with Crippen molar-refractivity contribution in [2.75, 3.05) is 6.61 Å². The fourth-order valence-corrected chi connectivity index (χ4v) is 1.24.